The predicted molar refractivity (Wildman–Crippen MR) is 48.7 cm³/mol. The first-order chi connectivity index (χ1) is 4.61. The van der Waals surface area contributed by atoms with Gasteiger partial charge >= 0.3 is 0 Å². The van der Waals surface area contributed by atoms with Crippen LogP contribution in [0, 0.1) is 0 Å². The molecule has 0 unspecified atom stereocenters. The lowest BCUT2D eigenvalue weighted by molar-refractivity contribution is 1.16. The van der Waals surface area contributed by atoms with E-state index in [9.17, 15) is 0 Å². The second-order valence-electron chi connectivity index (χ2n) is 2.10. The van der Waals surface area contributed by atoms with Crippen molar-refractivity contribution in [2.45, 2.75) is 0 Å². The van der Waals surface area contributed by atoms with Crippen LogP contribution in [0.1, 0.15) is 0 Å². The smallest absolute Gasteiger partial charge is 0.114 e. The van der Waals surface area contributed by atoms with Gasteiger partial charge in [-0.1, -0.05) is 23.2 Å². The van der Waals surface area contributed by atoms with Crippen LogP contribution >= 0.6 is 34.5 Å². The van der Waals surface area contributed by atoms with E-state index in [4.69, 9.17) is 23.2 Å². The van der Waals surface area contributed by atoms with Crippen molar-refractivity contribution in [1.82, 2.24) is 0 Å². The first-order valence-electron chi connectivity index (χ1n) is 2.73. The Labute approximate surface area is 74.2 Å². The molecule has 0 radical (unpaired) electrons. The van der Waals surface area contributed by atoms with Crippen molar-refractivity contribution in [1.29, 1.82) is 0 Å². The molecule has 0 aliphatic rings. The molecule has 1 aromatic heterocycles. The SMILES string of the molecule is CN(C)c1cc(Cl)c(Cl)s1. The van der Waals surface area contributed by atoms with E-state index < -0.39 is 0 Å². The summed E-state index contributed by atoms with van der Waals surface area (Å²) < 4.78 is 0.658. The van der Waals surface area contributed by atoms with E-state index in [2.05, 4.69) is 0 Å². The first-order valence-corrected chi connectivity index (χ1v) is 4.30. The molecule has 0 aliphatic carbocycles. The van der Waals surface area contributed by atoms with E-state index in [1.165, 1.54) is 11.3 Å². The highest BCUT2D eigenvalue weighted by Crippen LogP contribution is 2.36. The Kier molecular flexibility index (Phi) is 2.45. The summed E-state index contributed by atoms with van der Waals surface area (Å²) in [6.45, 7) is 0. The van der Waals surface area contributed by atoms with Gasteiger partial charge in [0.05, 0.1) is 10.0 Å². The van der Waals surface area contributed by atoms with Crippen molar-refractivity contribution in [3.8, 4) is 0 Å². The summed E-state index contributed by atoms with van der Waals surface area (Å²) in [6, 6.07) is 1.86. The van der Waals surface area contributed by atoms with Crippen molar-refractivity contribution in [2.24, 2.45) is 0 Å². The van der Waals surface area contributed by atoms with Crippen LogP contribution < -0.4 is 4.90 Å². The molecule has 1 nitrogen and oxygen atoms in total. The average molecular weight is 196 g/mol. The maximum atomic E-state index is 5.73. The molecule has 0 fully saturated rings. The van der Waals surface area contributed by atoms with E-state index in [-0.39, 0.29) is 0 Å². The molecule has 0 aromatic carbocycles. The minimum atomic E-state index is 0.635. The number of hydrogen-bond donors (Lipinski definition) is 0. The molecule has 0 N–H and O–H groups in total. The highest BCUT2D eigenvalue weighted by atomic mass is 35.5. The maximum absolute atomic E-state index is 5.73. The van der Waals surface area contributed by atoms with E-state index in [1.54, 1.807) is 0 Å². The summed E-state index contributed by atoms with van der Waals surface area (Å²) in [4.78, 5) is 1.97. The number of anilines is 1. The summed E-state index contributed by atoms with van der Waals surface area (Å²) in [5.74, 6) is 0. The standard InChI is InChI=1S/C6H7Cl2NS/c1-9(2)5-3-4(7)6(8)10-5/h3H,1-2H3. The highest BCUT2D eigenvalue weighted by Gasteiger charge is 2.04. The maximum Gasteiger partial charge on any atom is 0.114 e. The van der Waals surface area contributed by atoms with Gasteiger partial charge in [-0.05, 0) is 6.07 Å². The van der Waals surface area contributed by atoms with Crippen LogP contribution in [0.4, 0.5) is 5.00 Å². The van der Waals surface area contributed by atoms with Gasteiger partial charge in [0.15, 0.2) is 0 Å². The zero-order valence-electron chi connectivity index (χ0n) is 5.69. The molecule has 1 aromatic rings. The van der Waals surface area contributed by atoms with E-state index in [1.807, 2.05) is 25.1 Å². The van der Waals surface area contributed by atoms with Crippen LogP contribution in [0.2, 0.25) is 9.36 Å². The van der Waals surface area contributed by atoms with Crippen LogP contribution in [-0.2, 0) is 0 Å². The van der Waals surface area contributed by atoms with Crippen LogP contribution in [0.5, 0.6) is 0 Å². The zero-order valence-corrected chi connectivity index (χ0v) is 8.02. The number of nitrogens with zero attached hydrogens (tertiary/aromatic N) is 1. The van der Waals surface area contributed by atoms with Crippen molar-refractivity contribution in [3.05, 3.63) is 15.4 Å². The number of thiophene rings is 1. The van der Waals surface area contributed by atoms with E-state index in [0.717, 1.165) is 5.00 Å². The Hall–Kier alpha value is 0.0800. The number of halogens is 2. The highest BCUT2D eigenvalue weighted by molar-refractivity contribution is 7.20. The predicted octanol–water partition coefficient (Wildman–Crippen LogP) is 3.12. The Morgan fingerprint density at radius 2 is 2.00 bits per heavy atom. The fourth-order valence-corrected chi connectivity index (χ4v) is 1.83. The number of hydrogen-bond acceptors (Lipinski definition) is 2. The Morgan fingerprint density at radius 1 is 1.40 bits per heavy atom. The third kappa shape index (κ3) is 1.57. The lowest BCUT2D eigenvalue weighted by atomic mass is 10.6. The van der Waals surface area contributed by atoms with Gasteiger partial charge in [-0.2, -0.15) is 0 Å². The molecule has 0 saturated heterocycles. The van der Waals surface area contributed by atoms with Crippen LogP contribution in [-0.4, -0.2) is 14.1 Å². The Morgan fingerprint density at radius 3 is 2.20 bits per heavy atom. The molecule has 56 valence electrons. The van der Waals surface area contributed by atoms with Gasteiger partial charge in [0.2, 0.25) is 0 Å². The molecule has 0 atom stereocenters. The molecule has 0 bridgehead atoms. The van der Waals surface area contributed by atoms with Crippen LogP contribution in [0.15, 0.2) is 6.07 Å². The summed E-state index contributed by atoms with van der Waals surface area (Å²) in [5.41, 5.74) is 0. The van der Waals surface area contributed by atoms with E-state index >= 15 is 0 Å². The molecular formula is C6H7Cl2NS. The summed E-state index contributed by atoms with van der Waals surface area (Å²) in [7, 11) is 3.91. The molecule has 0 aliphatic heterocycles. The van der Waals surface area contributed by atoms with Gasteiger partial charge in [-0.25, -0.2) is 0 Å². The molecule has 4 heteroatoms. The first kappa shape index (κ1) is 8.18. The van der Waals surface area contributed by atoms with Crippen molar-refractivity contribution in [2.75, 3.05) is 19.0 Å². The summed E-state index contributed by atoms with van der Waals surface area (Å²) in [6.07, 6.45) is 0. The minimum absolute atomic E-state index is 0.635. The van der Waals surface area contributed by atoms with Gasteiger partial charge < -0.3 is 4.90 Å². The number of rotatable bonds is 1. The Balaban J connectivity index is 2.98. The fourth-order valence-electron chi connectivity index (χ4n) is 0.556. The second-order valence-corrected chi connectivity index (χ2v) is 4.14. The van der Waals surface area contributed by atoms with Gasteiger partial charge in [0.1, 0.15) is 4.34 Å². The topological polar surface area (TPSA) is 3.24 Å². The third-order valence-electron chi connectivity index (χ3n) is 1.07. The molecule has 0 spiro atoms. The quantitative estimate of drug-likeness (QED) is 0.666. The van der Waals surface area contributed by atoms with Crippen molar-refractivity contribution in [3.63, 3.8) is 0 Å². The van der Waals surface area contributed by atoms with Crippen LogP contribution in [0.3, 0.4) is 0 Å². The second kappa shape index (κ2) is 2.99. The normalized spacial score (nSPS) is 10.0. The molecule has 10 heavy (non-hydrogen) atoms. The minimum Gasteiger partial charge on any atom is -0.369 e. The zero-order chi connectivity index (χ0) is 7.72. The van der Waals surface area contributed by atoms with Crippen molar-refractivity contribution < 1.29 is 0 Å². The summed E-state index contributed by atoms with van der Waals surface area (Å²) >= 11 is 12.9. The monoisotopic (exact) mass is 195 g/mol. The van der Waals surface area contributed by atoms with Crippen molar-refractivity contribution >= 4 is 39.5 Å². The lowest BCUT2D eigenvalue weighted by Gasteiger charge is -2.06. The van der Waals surface area contributed by atoms with E-state index in [0.29, 0.717) is 9.36 Å². The molecule has 1 rings (SSSR count). The lowest BCUT2D eigenvalue weighted by Crippen LogP contribution is -2.05. The van der Waals surface area contributed by atoms with Crippen LogP contribution in [0.25, 0.3) is 0 Å². The van der Waals surface area contributed by atoms with Gasteiger partial charge in [0, 0.05) is 14.1 Å². The molecule has 1 heterocycles. The van der Waals surface area contributed by atoms with Gasteiger partial charge in [-0.15, -0.1) is 11.3 Å². The largest absolute Gasteiger partial charge is 0.369 e. The fraction of sp³-hybridized carbons (Fsp3) is 0.333. The van der Waals surface area contributed by atoms with Gasteiger partial charge in [0.25, 0.3) is 0 Å². The van der Waals surface area contributed by atoms with Gasteiger partial charge in [-0.3, -0.25) is 0 Å². The average Bonchev–Trinajstić information content (AvgIpc) is 2.13. The Bertz CT molecular complexity index is 212. The molecule has 0 saturated carbocycles. The third-order valence-corrected chi connectivity index (χ3v) is 3.11. The summed E-state index contributed by atoms with van der Waals surface area (Å²) in [5, 5.41) is 1.71. The molecule has 0 amide bonds. The molecular weight excluding hydrogens is 189 g/mol.